The number of hydrogen-bond acceptors (Lipinski definition) is 3. The minimum atomic E-state index is -1.77. The van der Waals surface area contributed by atoms with Crippen molar-refractivity contribution in [1.82, 2.24) is 9.97 Å². The molecule has 0 spiro atoms. The van der Waals surface area contributed by atoms with Crippen LogP contribution in [0, 0.1) is 36.6 Å². The van der Waals surface area contributed by atoms with Crippen molar-refractivity contribution in [1.29, 1.82) is 0 Å². The van der Waals surface area contributed by atoms with E-state index >= 15 is 0 Å². The summed E-state index contributed by atoms with van der Waals surface area (Å²) in [6, 6.07) is 33.9. The van der Waals surface area contributed by atoms with E-state index in [-0.39, 0.29) is 25.7 Å². The number of halogens is 2. The standard InChI is InChI=1S/C29H22F2NO.C15H18GeN.Ir/c30-24-6-3-7-25(31)29(24)21-9-11-28-23(17-21)22-16-20(8-10-27(22)33-28)26-15-19(12-13-32-26)14-18-4-1-2-5-18;1-12-10-15(13-8-6-5-7-9-13)17-11-14(12)16(2,3)4;/h3,6-7,9-13,15-18H,1-2,4-5,14H2;5-8,10-11H,1-4H3;/q2*-1;. The number of fused-ring (bicyclic) bond motifs is 3. The van der Waals surface area contributed by atoms with Gasteiger partial charge < -0.3 is 9.40 Å². The Morgan fingerprint density at radius 2 is 1.53 bits per heavy atom. The van der Waals surface area contributed by atoms with Gasteiger partial charge in [-0.05, 0) is 53.9 Å². The molecule has 4 aromatic carbocycles. The molecular weight excluding hydrogens is 875 g/mol. The number of nitrogens with zero attached hydrogens (tertiary/aromatic N) is 2. The van der Waals surface area contributed by atoms with E-state index in [1.54, 1.807) is 18.2 Å². The monoisotopic (exact) mass is 917 g/mol. The van der Waals surface area contributed by atoms with E-state index in [0.717, 1.165) is 45.6 Å². The van der Waals surface area contributed by atoms with Gasteiger partial charge in [-0.25, -0.2) is 8.78 Å². The van der Waals surface area contributed by atoms with Crippen LogP contribution in [-0.4, -0.2) is 23.2 Å². The van der Waals surface area contributed by atoms with Gasteiger partial charge in [0.2, 0.25) is 0 Å². The van der Waals surface area contributed by atoms with Crippen molar-refractivity contribution in [2.24, 2.45) is 5.92 Å². The van der Waals surface area contributed by atoms with E-state index in [2.05, 4.69) is 76.8 Å². The zero-order valence-corrected chi connectivity index (χ0v) is 33.8. The Balaban J connectivity index is 0.000000211. The number of aromatic nitrogens is 2. The average molecular weight is 916 g/mol. The van der Waals surface area contributed by atoms with Gasteiger partial charge in [0.05, 0.1) is 11.1 Å². The third-order valence-corrected chi connectivity index (χ3v) is 14.1. The predicted octanol–water partition coefficient (Wildman–Crippen LogP) is 11.5. The summed E-state index contributed by atoms with van der Waals surface area (Å²) >= 11 is -1.77. The molecule has 3 heterocycles. The van der Waals surface area contributed by atoms with Crippen LogP contribution in [0.15, 0.2) is 108 Å². The van der Waals surface area contributed by atoms with Crippen LogP contribution in [0.5, 0.6) is 0 Å². The second-order valence-electron chi connectivity index (χ2n) is 14.3. The van der Waals surface area contributed by atoms with Crippen LogP contribution in [0.4, 0.5) is 8.78 Å². The molecule has 0 saturated heterocycles. The first-order chi connectivity index (χ1) is 24.1. The summed E-state index contributed by atoms with van der Waals surface area (Å²) in [5.74, 6) is 6.80. The Hall–Kier alpha value is -3.97. The molecule has 1 fully saturated rings. The fraction of sp³-hybridized carbons (Fsp3) is 0.227. The van der Waals surface area contributed by atoms with E-state index < -0.39 is 24.9 Å². The first-order valence-corrected chi connectivity index (χ1v) is 24.7. The maximum atomic E-state index is 14.4. The summed E-state index contributed by atoms with van der Waals surface area (Å²) in [4.78, 5) is 9.17. The van der Waals surface area contributed by atoms with Gasteiger partial charge in [-0.15, -0.1) is 23.8 Å². The summed E-state index contributed by atoms with van der Waals surface area (Å²) in [6.45, 7) is 2.19. The minimum Gasteiger partial charge on any atom is -0.500 e. The van der Waals surface area contributed by atoms with Crippen LogP contribution in [0.1, 0.15) is 36.8 Å². The zero-order chi connectivity index (χ0) is 34.8. The number of rotatable bonds is 6. The van der Waals surface area contributed by atoms with Crippen molar-refractivity contribution in [3.05, 3.63) is 138 Å². The predicted molar refractivity (Wildman–Crippen MR) is 203 cm³/mol. The summed E-state index contributed by atoms with van der Waals surface area (Å²) in [5.41, 5.74) is 8.32. The van der Waals surface area contributed by atoms with E-state index in [1.165, 1.54) is 59.4 Å². The topological polar surface area (TPSA) is 38.9 Å². The van der Waals surface area contributed by atoms with E-state index in [9.17, 15) is 8.78 Å². The molecule has 0 unspecified atom stereocenters. The summed E-state index contributed by atoms with van der Waals surface area (Å²) < 4.78 is 36.2. The maximum absolute atomic E-state index is 14.4. The Morgan fingerprint density at radius 1 is 0.784 bits per heavy atom. The van der Waals surface area contributed by atoms with E-state index in [1.807, 2.05) is 36.5 Å². The SMILES string of the molecule is Cc1cc(-c2[c-]cccc2)nc[c]1[Ge]([CH3])([CH3])[CH3].Fc1cccc(F)c1-c1ccc2oc3c[c-]c(-c4cc(CC5CCCC5)ccn4)cc3c2c1.[Ir]. The van der Waals surface area contributed by atoms with Crippen LogP contribution < -0.4 is 4.40 Å². The van der Waals surface area contributed by atoms with Crippen molar-refractivity contribution in [3.8, 4) is 33.6 Å². The molecule has 7 heteroatoms. The summed E-state index contributed by atoms with van der Waals surface area (Å²) in [7, 11) is 0. The quantitative estimate of drug-likeness (QED) is 0.123. The second-order valence-corrected chi connectivity index (χ2v) is 24.9. The van der Waals surface area contributed by atoms with Crippen LogP contribution in [0.3, 0.4) is 0 Å². The number of aryl methyl sites for hydroxylation is 1. The molecule has 261 valence electrons. The van der Waals surface area contributed by atoms with Gasteiger partial charge in [-0.2, -0.15) is 0 Å². The molecule has 0 atom stereocenters. The Bertz CT molecular complexity index is 2270. The van der Waals surface area contributed by atoms with Crippen molar-refractivity contribution in [2.45, 2.75) is 56.3 Å². The van der Waals surface area contributed by atoms with Crippen molar-refractivity contribution in [2.75, 3.05) is 0 Å². The van der Waals surface area contributed by atoms with Gasteiger partial charge >= 0.3 is 106 Å². The van der Waals surface area contributed by atoms with Crippen LogP contribution >= 0.6 is 0 Å². The second kappa shape index (κ2) is 15.7. The van der Waals surface area contributed by atoms with Crippen LogP contribution in [0.25, 0.3) is 55.6 Å². The fourth-order valence-corrected chi connectivity index (χ4v) is 10.7. The smallest absolute Gasteiger partial charge is 0.133 e. The molecule has 8 rings (SSSR count). The molecule has 51 heavy (non-hydrogen) atoms. The molecule has 1 aliphatic carbocycles. The van der Waals surface area contributed by atoms with E-state index in [0.29, 0.717) is 16.7 Å². The molecule has 0 bridgehead atoms. The molecule has 1 saturated carbocycles. The van der Waals surface area contributed by atoms with Gasteiger partial charge in [-0.1, -0.05) is 54.8 Å². The zero-order valence-electron chi connectivity index (χ0n) is 29.3. The number of benzene rings is 4. The first kappa shape index (κ1) is 36.8. The molecule has 0 aliphatic heterocycles. The Morgan fingerprint density at radius 3 is 2.24 bits per heavy atom. The summed E-state index contributed by atoms with van der Waals surface area (Å²) in [6.07, 6.45) is 10.3. The third kappa shape index (κ3) is 8.25. The van der Waals surface area contributed by atoms with Crippen LogP contribution in [-0.2, 0) is 26.5 Å². The number of pyridine rings is 2. The van der Waals surface area contributed by atoms with Crippen molar-refractivity contribution < 1.29 is 33.3 Å². The molecule has 3 aromatic heterocycles. The normalized spacial score (nSPS) is 13.2. The number of furan rings is 1. The maximum Gasteiger partial charge on any atom is 0.133 e. The Kier molecular flexibility index (Phi) is 11.4. The van der Waals surface area contributed by atoms with Gasteiger partial charge in [0, 0.05) is 31.7 Å². The van der Waals surface area contributed by atoms with Gasteiger partial charge in [-0.3, -0.25) is 0 Å². The molecule has 0 amide bonds. The molecular formula is C44H40F2GeIrN2O-2. The van der Waals surface area contributed by atoms with Crippen molar-refractivity contribution in [3.63, 3.8) is 0 Å². The van der Waals surface area contributed by atoms with Gasteiger partial charge in [0.1, 0.15) is 17.2 Å². The third-order valence-electron chi connectivity index (χ3n) is 9.66. The van der Waals surface area contributed by atoms with Gasteiger partial charge in [0.15, 0.2) is 0 Å². The van der Waals surface area contributed by atoms with E-state index in [4.69, 9.17) is 4.42 Å². The molecule has 3 nitrogen and oxygen atoms in total. The summed E-state index contributed by atoms with van der Waals surface area (Å²) in [5, 5.41) is 1.68. The molecule has 1 radical (unpaired) electrons. The minimum absolute atomic E-state index is 0. The molecule has 0 N–H and O–H groups in total. The first-order valence-electron chi connectivity index (χ1n) is 17.4. The fourth-order valence-electron chi connectivity index (χ4n) is 7.14. The van der Waals surface area contributed by atoms with Crippen LogP contribution in [0.2, 0.25) is 17.3 Å². The largest absolute Gasteiger partial charge is 0.500 e. The number of hydrogen-bond donors (Lipinski definition) is 0. The molecule has 1 aliphatic rings. The van der Waals surface area contributed by atoms with Gasteiger partial charge in [0.25, 0.3) is 0 Å². The van der Waals surface area contributed by atoms with Crippen molar-refractivity contribution >= 4 is 39.6 Å². The molecule has 7 aromatic rings. The average Bonchev–Trinajstić information content (AvgIpc) is 3.76. The Labute approximate surface area is 315 Å².